The minimum Gasteiger partial charge on any atom is -0.318 e. The van der Waals surface area contributed by atoms with Crippen molar-refractivity contribution in [3.8, 4) is 0 Å². The number of nitrogens with zero attached hydrogens (tertiary/aromatic N) is 1. The van der Waals surface area contributed by atoms with Crippen molar-refractivity contribution in [2.24, 2.45) is 5.73 Å². The van der Waals surface area contributed by atoms with Crippen molar-refractivity contribution in [1.29, 1.82) is 0 Å². The predicted molar refractivity (Wildman–Crippen MR) is 30.0 cm³/mol. The monoisotopic (exact) mass is 110 g/mol. The fraction of sp³-hybridized carbons (Fsp3) is 1.00. The first-order chi connectivity index (χ1) is 2.27. The number of hydrogen-bond donors (Lipinski definition) is 1. The molecule has 0 aromatic carbocycles. The molecule has 2 N–H and O–H groups in total. The van der Waals surface area contributed by atoms with Crippen molar-refractivity contribution in [2.45, 2.75) is 0 Å². The molecule has 0 heterocycles. The van der Waals surface area contributed by atoms with E-state index in [-0.39, 0.29) is 12.4 Å². The van der Waals surface area contributed by atoms with Gasteiger partial charge in [-0.2, -0.15) is 0 Å². The summed E-state index contributed by atoms with van der Waals surface area (Å²) < 4.78 is 0. The van der Waals surface area contributed by atoms with Crippen LogP contribution in [0, 0.1) is 0 Å². The molecule has 0 aliphatic rings. The van der Waals surface area contributed by atoms with Crippen LogP contribution in [0.3, 0.4) is 0 Å². The summed E-state index contributed by atoms with van der Waals surface area (Å²) in [5.41, 5.74) is 5.10. The van der Waals surface area contributed by atoms with E-state index in [1.165, 1.54) is 0 Å². The summed E-state index contributed by atoms with van der Waals surface area (Å²) in [6, 6.07) is 0. The molecule has 40 valence electrons. The van der Waals surface area contributed by atoms with Gasteiger partial charge in [0.2, 0.25) is 0 Å². The molecule has 0 aromatic heterocycles. The van der Waals surface area contributed by atoms with Crippen molar-refractivity contribution in [3.63, 3.8) is 0 Å². The van der Waals surface area contributed by atoms with E-state index in [9.17, 15) is 0 Å². The third kappa shape index (κ3) is 8.88. The molecule has 3 heteroatoms. The molecular formula is C3H11ClN2. The van der Waals surface area contributed by atoms with Gasteiger partial charge in [-0.25, -0.2) is 0 Å². The number of rotatable bonds is 1. The number of halogens is 1. The molecule has 0 aliphatic heterocycles. The van der Waals surface area contributed by atoms with Gasteiger partial charge in [0.1, 0.15) is 0 Å². The molecule has 0 atom stereocenters. The van der Waals surface area contributed by atoms with Crippen molar-refractivity contribution in [1.82, 2.24) is 4.90 Å². The van der Waals surface area contributed by atoms with Crippen LogP contribution in [0.1, 0.15) is 0 Å². The molecule has 6 heavy (non-hydrogen) atoms. The maximum atomic E-state index is 5.10. The normalized spacial score (nSPS) is 8.00. The highest BCUT2D eigenvalue weighted by molar-refractivity contribution is 5.85. The van der Waals surface area contributed by atoms with Crippen molar-refractivity contribution in [2.75, 3.05) is 20.8 Å². The van der Waals surface area contributed by atoms with E-state index in [0.29, 0.717) is 6.67 Å². The molecule has 0 spiro atoms. The lowest BCUT2D eigenvalue weighted by atomic mass is 10.9. The van der Waals surface area contributed by atoms with Gasteiger partial charge in [0.15, 0.2) is 0 Å². The zero-order valence-electron chi connectivity index (χ0n) is 4.14. The summed E-state index contributed by atoms with van der Waals surface area (Å²) >= 11 is 0. The minimum absolute atomic E-state index is 0. The topological polar surface area (TPSA) is 29.3 Å². The van der Waals surface area contributed by atoms with Gasteiger partial charge in [-0.05, 0) is 14.1 Å². The smallest absolute Gasteiger partial charge is 0.0449 e. The molecular weight excluding hydrogens is 99.5 g/mol. The fourth-order valence-electron chi connectivity index (χ4n) is 0. The molecule has 0 radical (unpaired) electrons. The van der Waals surface area contributed by atoms with Crippen LogP contribution in [0.2, 0.25) is 0 Å². The molecule has 0 amide bonds. The highest BCUT2D eigenvalue weighted by Crippen LogP contribution is 1.55. The van der Waals surface area contributed by atoms with Gasteiger partial charge in [-0.3, -0.25) is 4.90 Å². The lowest BCUT2D eigenvalue weighted by Crippen LogP contribution is -2.20. The van der Waals surface area contributed by atoms with Crippen LogP contribution in [0.15, 0.2) is 0 Å². The van der Waals surface area contributed by atoms with Gasteiger partial charge < -0.3 is 5.73 Å². The van der Waals surface area contributed by atoms with Gasteiger partial charge in [0.05, 0.1) is 0 Å². The standard InChI is InChI=1S/C3H10N2.ClH/c1-5(2)3-4;/h3-4H2,1-2H3;1H. The third-order valence-corrected chi connectivity index (χ3v) is 0.365. The lowest BCUT2D eigenvalue weighted by Gasteiger charge is -2.00. The number of nitrogens with two attached hydrogens (primary N) is 1. The first-order valence-corrected chi connectivity index (χ1v) is 1.62. The van der Waals surface area contributed by atoms with Crippen LogP contribution in [0.4, 0.5) is 0 Å². The Balaban J connectivity index is 0. The first kappa shape index (κ1) is 9.51. The molecule has 0 saturated heterocycles. The Kier molecular flexibility index (Phi) is 8.26. The molecule has 2 nitrogen and oxygen atoms in total. The second-order valence-electron chi connectivity index (χ2n) is 1.26. The van der Waals surface area contributed by atoms with Crippen molar-refractivity contribution >= 4 is 12.4 Å². The zero-order valence-corrected chi connectivity index (χ0v) is 4.96. The van der Waals surface area contributed by atoms with Gasteiger partial charge in [0, 0.05) is 6.67 Å². The van der Waals surface area contributed by atoms with E-state index >= 15 is 0 Å². The molecule has 0 saturated carbocycles. The highest BCUT2D eigenvalue weighted by Gasteiger charge is 1.71. The van der Waals surface area contributed by atoms with E-state index in [4.69, 9.17) is 5.73 Å². The Bertz CT molecular complexity index is 22.8. The molecule has 0 aromatic rings. The Labute approximate surface area is 44.7 Å². The van der Waals surface area contributed by atoms with E-state index in [2.05, 4.69) is 0 Å². The van der Waals surface area contributed by atoms with E-state index in [0.717, 1.165) is 0 Å². The summed E-state index contributed by atoms with van der Waals surface area (Å²) in [4.78, 5) is 1.90. The largest absolute Gasteiger partial charge is 0.318 e. The van der Waals surface area contributed by atoms with Gasteiger partial charge in [-0.1, -0.05) is 0 Å². The lowest BCUT2D eigenvalue weighted by molar-refractivity contribution is 0.423. The van der Waals surface area contributed by atoms with Gasteiger partial charge >= 0.3 is 0 Å². The predicted octanol–water partition coefficient (Wildman–Crippen LogP) is -0.114. The van der Waals surface area contributed by atoms with E-state index in [1.807, 2.05) is 19.0 Å². The van der Waals surface area contributed by atoms with Gasteiger partial charge in [0.25, 0.3) is 0 Å². The Morgan fingerprint density at radius 2 is 1.67 bits per heavy atom. The molecule has 0 unspecified atom stereocenters. The quantitative estimate of drug-likeness (QED) is 0.477. The Hall–Kier alpha value is 0.210. The third-order valence-electron chi connectivity index (χ3n) is 0.365. The van der Waals surface area contributed by atoms with Crippen molar-refractivity contribution < 1.29 is 0 Å². The summed E-state index contributed by atoms with van der Waals surface area (Å²) in [5, 5.41) is 0. The fourth-order valence-corrected chi connectivity index (χ4v) is 0. The Morgan fingerprint density at radius 1 is 1.50 bits per heavy atom. The van der Waals surface area contributed by atoms with E-state index in [1.54, 1.807) is 0 Å². The Morgan fingerprint density at radius 3 is 1.67 bits per heavy atom. The zero-order chi connectivity index (χ0) is 4.28. The van der Waals surface area contributed by atoms with Crippen LogP contribution >= 0.6 is 12.4 Å². The summed E-state index contributed by atoms with van der Waals surface area (Å²) in [5.74, 6) is 0. The molecule has 0 bridgehead atoms. The maximum Gasteiger partial charge on any atom is 0.0449 e. The SMILES string of the molecule is CN(C)CN.Cl. The molecule has 0 aliphatic carbocycles. The second kappa shape index (κ2) is 5.21. The highest BCUT2D eigenvalue weighted by atomic mass is 35.5. The first-order valence-electron chi connectivity index (χ1n) is 1.62. The molecule has 0 rings (SSSR count). The van der Waals surface area contributed by atoms with Crippen molar-refractivity contribution in [3.05, 3.63) is 0 Å². The summed E-state index contributed by atoms with van der Waals surface area (Å²) in [6.07, 6.45) is 0. The van der Waals surface area contributed by atoms with Crippen LogP contribution < -0.4 is 5.73 Å². The minimum atomic E-state index is 0. The van der Waals surface area contributed by atoms with Gasteiger partial charge in [-0.15, -0.1) is 12.4 Å². The van der Waals surface area contributed by atoms with Crippen LogP contribution in [0.25, 0.3) is 0 Å². The maximum absolute atomic E-state index is 5.10. The number of hydrogen-bond acceptors (Lipinski definition) is 2. The average molecular weight is 111 g/mol. The average Bonchev–Trinajstić information content (AvgIpc) is 1.38. The van der Waals surface area contributed by atoms with E-state index < -0.39 is 0 Å². The van der Waals surface area contributed by atoms with Crippen LogP contribution in [-0.2, 0) is 0 Å². The van der Waals surface area contributed by atoms with Crippen LogP contribution in [0.5, 0.6) is 0 Å². The molecule has 0 fully saturated rings. The summed E-state index contributed by atoms with van der Waals surface area (Å²) in [7, 11) is 3.86. The van der Waals surface area contributed by atoms with Crippen LogP contribution in [-0.4, -0.2) is 25.7 Å². The summed E-state index contributed by atoms with van der Waals surface area (Å²) in [6.45, 7) is 0.639. The second-order valence-corrected chi connectivity index (χ2v) is 1.26.